The van der Waals surface area contributed by atoms with Gasteiger partial charge in [0.15, 0.2) is 0 Å². The molecule has 1 radical (unpaired) electrons. The van der Waals surface area contributed by atoms with E-state index < -0.39 is 0 Å². The van der Waals surface area contributed by atoms with Gasteiger partial charge in [-0.2, -0.15) is 13.5 Å². The first-order chi connectivity index (χ1) is 0. The molecular weight excluding hydrogens is 287 g/mol. The average Bonchev–Trinajstić information content (AvgIpc) is 0. The van der Waals surface area contributed by atoms with Crippen LogP contribution in [0.2, 0.25) is 0 Å². The van der Waals surface area contributed by atoms with Gasteiger partial charge in [-0.05, 0) is 0 Å². The summed E-state index contributed by atoms with van der Waals surface area (Å²) in [5.74, 6) is 0. The second-order valence-electron chi connectivity index (χ2n) is 0. The van der Waals surface area contributed by atoms with Crippen molar-refractivity contribution in [2.24, 2.45) is 0 Å². The summed E-state index contributed by atoms with van der Waals surface area (Å²) in [7, 11) is 0. The van der Waals surface area contributed by atoms with Gasteiger partial charge in [-0.1, -0.05) is 0 Å². The first-order valence-corrected chi connectivity index (χ1v) is 0. The topological polar surface area (TPSA) is 0 Å². The maximum absolute atomic E-state index is 0. The predicted octanol–water partition coefficient (Wildman–Crippen LogP) is -1.91. The van der Waals surface area contributed by atoms with Gasteiger partial charge in [-0.15, -0.1) is 24.0 Å². The fourth-order valence-corrected chi connectivity index (χ4v) is 0. The zero-order chi connectivity index (χ0) is 0. The Morgan fingerprint density at radius 3 is 1.50 bits per heavy atom. The fraction of sp³-hybridized carbons (Fsp3) is 0. The SMILES string of the molecule is I.S.[3HH].[H-].[K+].[Y]. The Morgan fingerprint density at radius 1 is 1.50 bits per heavy atom. The molecule has 0 atom stereocenters. The molecule has 0 nitrogen and oxygen atoms in total. The zero-order valence-electron chi connectivity index (χ0n) is 3.49. The molecule has 0 aliphatic rings. The van der Waals surface area contributed by atoms with E-state index in [0.29, 0.717) is 0 Å². The first kappa shape index (κ1) is 24.9. The molecule has 0 aliphatic heterocycles. The molecule has 0 spiro atoms. The van der Waals surface area contributed by atoms with E-state index in [1.807, 2.05) is 0 Å². The van der Waals surface area contributed by atoms with Crippen LogP contribution < -0.4 is 51.4 Å². The summed E-state index contributed by atoms with van der Waals surface area (Å²) in [6.07, 6.45) is 0. The van der Waals surface area contributed by atoms with Crippen molar-refractivity contribution in [2.45, 2.75) is 0 Å². The van der Waals surface area contributed by atoms with Crippen LogP contribution >= 0.6 is 37.5 Å². The second kappa shape index (κ2) is 15.8. The molecule has 0 amide bonds. The van der Waals surface area contributed by atoms with Gasteiger partial charge in [0.25, 0.3) is 0 Å². The number of halogens is 1. The summed E-state index contributed by atoms with van der Waals surface area (Å²) in [5.41, 5.74) is 0. The van der Waals surface area contributed by atoms with Crippen molar-refractivity contribution in [1.82, 2.24) is 0 Å². The molecule has 0 saturated heterocycles. The van der Waals surface area contributed by atoms with Crippen LogP contribution in [0.5, 0.6) is 0 Å². The van der Waals surface area contributed by atoms with Crippen LogP contribution in [0.4, 0.5) is 0 Å². The van der Waals surface area contributed by atoms with E-state index in [4.69, 9.17) is 0 Å². The molecule has 0 aromatic heterocycles. The third-order valence-electron chi connectivity index (χ3n) is 0. The Bertz CT molecular complexity index is 13.5. The minimum Gasteiger partial charge on any atom is -1.00 e. The van der Waals surface area contributed by atoms with E-state index in [1.54, 1.807) is 0 Å². The molecule has 0 rings (SSSR count). The minimum atomic E-state index is 0. The maximum Gasteiger partial charge on any atom is 1.00 e. The molecule has 4 heavy (non-hydrogen) atoms. The van der Waals surface area contributed by atoms with E-state index in [1.165, 1.54) is 0 Å². The van der Waals surface area contributed by atoms with Gasteiger partial charge < -0.3 is 1.43 Å². The van der Waals surface area contributed by atoms with Crippen LogP contribution in [0.1, 0.15) is 2.85 Å². The Kier molecular flexibility index (Phi) is 98.6. The third kappa shape index (κ3) is 9.27. The molecule has 4 heteroatoms. The summed E-state index contributed by atoms with van der Waals surface area (Å²) in [5, 5.41) is 0. The van der Waals surface area contributed by atoms with Gasteiger partial charge >= 0.3 is 51.4 Å². The Morgan fingerprint density at radius 2 is 1.50 bits per heavy atom. The summed E-state index contributed by atoms with van der Waals surface area (Å²) in [6, 6.07) is 0. The van der Waals surface area contributed by atoms with Crippen molar-refractivity contribution < 1.29 is 86.9 Å². The largest absolute Gasteiger partial charge is 1.00 e. The summed E-state index contributed by atoms with van der Waals surface area (Å²) in [6.45, 7) is 0. The van der Waals surface area contributed by atoms with E-state index in [9.17, 15) is 0 Å². The fourth-order valence-electron chi connectivity index (χ4n) is 0. The Labute approximate surface area is 121 Å². The third-order valence-corrected chi connectivity index (χ3v) is 0. The Hall–Kier alpha value is 3.82. The van der Waals surface area contributed by atoms with Gasteiger partial charge in [0.2, 0.25) is 0 Å². The van der Waals surface area contributed by atoms with Crippen LogP contribution in [-0.4, -0.2) is 0 Å². The molecule has 0 unspecified atom stereocenters. The number of hydrogen-bond donors (Lipinski definition) is 0. The van der Waals surface area contributed by atoms with Crippen molar-refractivity contribution in [3.8, 4) is 0 Å². The average molecular weight is 295 g/mol. The zero-order valence-corrected chi connectivity index (χ0v) is 11.8. The van der Waals surface area contributed by atoms with E-state index >= 15 is 0 Å². The van der Waals surface area contributed by atoms with Gasteiger partial charge in [0, 0.05) is 34.1 Å². The summed E-state index contributed by atoms with van der Waals surface area (Å²) >= 11 is 0. The standard InChI is InChI=1S/HI.K.H2S.Y.H2.H/h1H;;1H2;;1H;/q;+1;;;;-1/i;;;;1+2;. The van der Waals surface area contributed by atoms with Gasteiger partial charge in [0.1, 0.15) is 0 Å². The van der Waals surface area contributed by atoms with Crippen LogP contribution in [-0.2, 0) is 32.7 Å². The molecule has 23 valence electrons. The van der Waals surface area contributed by atoms with Crippen molar-refractivity contribution >= 4 is 37.5 Å². The van der Waals surface area contributed by atoms with Gasteiger partial charge in [0.05, 0.1) is 0 Å². The van der Waals surface area contributed by atoms with Gasteiger partial charge in [-0.25, -0.2) is 0 Å². The van der Waals surface area contributed by atoms with Crippen molar-refractivity contribution in [3.63, 3.8) is 0 Å². The molecular formula is H6IKSY. The van der Waals surface area contributed by atoms with Crippen LogP contribution in [0.15, 0.2) is 0 Å². The molecule has 0 heterocycles. The van der Waals surface area contributed by atoms with Crippen molar-refractivity contribution in [3.05, 3.63) is 0 Å². The maximum atomic E-state index is 0. The van der Waals surface area contributed by atoms with Crippen LogP contribution in [0.3, 0.4) is 0 Å². The second-order valence-corrected chi connectivity index (χ2v) is 0. The van der Waals surface area contributed by atoms with Gasteiger partial charge in [-0.3, -0.25) is 0 Å². The molecule has 0 aromatic rings. The quantitative estimate of drug-likeness (QED) is 0.361. The predicted molar refractivity (Wildman–Crippen MR) is 29.0 cm³/mol. The molecule has 0 bridgehead atoms. The minimum absolute atomic E-state index is 0. The van der Waals surface area contributed by atoms with Crippen molar-refractivity contribution in [1.29, 1.82) is 0 Å². The number of rotatable bonds is 0. The first-order valence-electron chi connectivity index (χ1n) is 0. The molecule has 0 N–H and O–H groups in total. The Balaban J connectivity index is 0. The summed E-state index contributed by atoms with van der Waals surface area (Å²) < 4.78 is 0. The van der Waals surface area contributed by atoms with E-state index in [2.05, 4.69) is 0 Å². The summed E-state index contributed by atoms with van der Waals surface area (Å²) in [4.78, 5) is 0. The van der Waals surface area contributed by atoms with E-state index in [0.717, 1.165) is 0 Å². The smallest absolute Gasteiger partial charge is 1.00 e. The molecule has 0 fully saturated rings. The van der Waals surface area contributed by atoms with Crippen LogP contribution in [0.25, 0.3) is 0 Å². The van der Waals surface area contributed by atoms with Crippen molar-refractivity contribution in [2.75, 3.05) is 0 Å². The number of hydrogen-bond acceptors (Lipinski definition) is 0. The molecule has 0 aromatic carbocycles. The normalized spacial score (nSPS) is 0. The van der Waals surface area contributed by atoms with Crippen LogP contribution in [0, 0.1) is 0 Å². The molecule has 0 aliphatic carbocycles. The van der Waals surface area contributed by atoms with E-state index in [-0.39, 0.29) is 124 Å². The molecule has 0 saturated carbocycles. The monoisotopic (exact) mass is 295 g/mol.